The zero-order valence-corrected chi connectivity index (χ0v) is 14.3. The first-order valence-corrected chi connectivity index (χ1v) is 9.03. The van der Waals surface area contributed by atoms with E-state index in [0.29, 0.717) is 18.8 Å². The van der Waals surface area contributed by atoms with Crippen molar-refractivity contribution in [3.63, 3.8) is 0 Å². The molecule has 0 aromatic heterocycles. The molecule has 6 heteroatoms. The van der Waals surface area contributed by atoms with Gasteiger partial charge in [0.15, 0.2) is 0 Å². The molecule has 2 saturated heterocycles. The van der Waals surface area contributed by atoms with Crippen molar-refractivity contribution in [1.29, 1.82) is 0 Å². The van der Waals surface area contributed by atoms with Crippen LogP contribution in [0.2, 0.25) is 0 Å². The van der Waals surface area contributed by atoms with Crippen molar-refractivity contribution >= 4 is 23.4 Å². The van der Waals surface area contributed by atoms with Gasteiger partial charge in [-0.3, -0.25) is 19.7 Å². The summed E-state index contributed by atoms with van der Waals surface area (Å²) in [5.41, 5.74) is 1.76. The van der Waals surface area contributed by atoms with Crippen LogP contribution in [0, 0.1) is 11.8 Å². The number of anilines is 1. The zero-order chi connectivity index (χ0) is 17.6. The van der Waals surface area contributed by atoms with Crippen LogP contribution in [0.3, 0.4) is 0 Å². The van der Waals surface area contributed by atoms with Crippen LogP contribution in [0.4, 0.5) is 5.69 Å². The Morgan fingerprint density at radius 2 is 1.84 bits per heavy atom. The number of hydrogen-bond acceptors (Lipinski definition) is 4. The van der Waals surface area contributed by atoms with E-state index in [4.69, 9.17) is 0 Å². The maximum atomic E-state index is 12.1. The van der Waals surface area contributed by atoms with Gasteiger partial charge in [-0.1, -0.05) is 12.1 Å². The Morgan fingerprint density at radius 3 is 2.48 bits per heavy atom. The number of rotatable bonds is 6. The summed E-state index contributed by atoms with van der Waals surface area (Å²) in [5.74, 6) is 0.0209. The van der Waals surface area contributed by atoms with Gasteiger partial charge < -0.3 is 10.6 Å². The van der Waals surface area contributed by atoms with Crippen LogP contribution in [0.1, 0.15) is 37.7 Å². The highest BCUT2D eigenvalue weighted by Crippen LogP contribution is 2.20. The molecule has 1 aromatic carbocycles. The number of carbonyl (C=O) groups is 3. The Kier molecular flexibility index (Phi) is 5.81. The molecule has 0 saturated carbocycles. The van der Waals surface area contributed by atoms with Gasteiger partial charge in [-0.25, -0.2) is 0 Å². The summed E-state index contributed by atoms with van der Waals surface area (Å²) in [5, 5.41) is 8.59. The first-order valence-electron chi connectivity index (χ1n) is 9.03. The average molecular weight is 343 g/mol. The quantitative estimate of drug-likeness (QED) is 0.685. The summed E-state index contributed by atoms with van der Waals surface area (Å²) in [6.45, 7) is 2.11. The maximum absolute atomic E-state index is 12.1. The minimum absolute atomic E-state index is 0.0482. The highest BCUT2D eigenvalue weighted by Gasteiger charge is 2.30. The van der Waals surface area contributed by atoms with Gasteiger partial charge in [0, 0.05) is 18.5 Å². The fourth-order valence-corrected chi connectivity index (χ4v) is 3.51. The topological polar surface area (TPSA) is 87.3 Å². The van der Waals surface area contributed by atoms with Crippen molar-refractivity contribution < 1.29 is 14.4 Å². The van der Waals surface area contributed by atoms with E-state index >= 15 is 0 Å². The molecule has 3 rings (SSSR count). The van der Waals surface area contributed by atoms with Gasteiger partial charge in [-0.15, -0.1) is 0 Å². The smallest absolute Gasteiger partial charge is 0.230 e. The van der Waals surface area contributed by atoms with Crippen molar-refractivity contribution in [3.05, 3.63) is 29.8 Å². The summed E-state index contributed by atoms with van der Waals surface area (Å²) < 4.78 is 0. The Hall–Kier alpha value is -2.21. The van der Waals surface area contributed by atoms with Crippen LogP contribution < -0.4 is 16.0 Å². The molecule has 134 valence electrons. The molecule has 0 radical (unpaired) electrons. The second kappa shape index (κ2) is 8.25. The van der Waals surface area contributed by atoms with Crippen LogP contribution in [0.25, 0.3) is 0 Å². The second-order valence-corrected chi connectivity index (χ2v) is 6.99. The maximum Gasteiger partial charge on any atom is 0.230 e. The van der Waals surface area contributed by atoms with Crippen molar-refractivity contribution in [2.45, 2.75) is 38.5 Å². The highest BCUT2D eigenvalue weighted by molar-refractivity contribution is 6.03. The summed E-state index contributed by atoms with van der Waals surface area (Å²) >= 11 is 0. The lowest BCUT2D eigenvalue weighted by molar-refractivity contribution is -0.125. The molecule has 0 spiro atoms. The lowest BCUT2D eigenvalue weighted by Gasteiger charge is -2.22. The van der Waals surface area contributed by atoms with Gasteiger partial charge in [0.25, 0.3) is 0 Å². The number of carbonyl (C=O) groups excluding carboxylic acids is 3. The lowest BCUT2D eigenvalue weighted by atomic mass is 9.93. The molecule has 6 nitrogen and oxygen atoms in total. The van der Waals surface area contributed by atoms with E-state index in [1.807, 2.05) is 24.3 Å². The fourth-order valence-electron chi connectivity index (χ4n) is 3.51. The van der Waals surface area contributed by atoms with E-state index in [0.717, 1.165) is 43.6 Å². The summed E-state index contributed by atoms with van der Waals surface area (Å²) in [6.07, 6.45) is 4.60. The third-order valence-electron chi connectivity index (χ3n) is 5.02. The summed E-state index contributed by atoms with van der Waals surface area (Å²) in [4.78, 5) is 34.9. The van der Waals surface area contributed by atoms with Crippen LogP contribution >= 0.6 is 0 Å². The highest BCUT2D eigenvalue weighted by atomic mass is 16.2. The zero-order valence-electron chi connectivity index (χ0n) is 14.3. The molecule has 3 amide bonds. The minimum Gasteiger partial charge on any atom is -0.326 e. The number of nitrogens with one attached hydrogen (secondary N) is 3. The monoisotopic (exact) mass is 343 g/mol. The third-order valence-corrected chi connectivity index (χ3v) is 5.02. The van der Waals surface area contributed by atoms with E-state index in [1.54, 1.807) is 0 Å². The Morgan fingerprint density at radius 1 is 1.12 bits per heavy atom. The van der Waals surface area contributed by atoms with Gasteiger partial charge in [-0.2, -0.15) is 0 Å². The van der Waals surface area contributed by atoms with Gasteiger partial charge in [0.1, 0.15) is 0 Å². The lowest BCUT2D eigenvalue weighted by Crippen LogP contribution is -2.28. The van der Waals surface area contributed by atoms with Gasteiger partial charge >= 0.3 is 0 Å². The number of amides is 3. The van der Waals surface area contributed by atoms with E-state index in [9.17, 15) is 14.4 Å². The Balaban J connectivity index is 1.44. The molecule has 3 N–H and O–H groups in total. The molecule has 0 aliphatic carbocycles. The summed E-state index contributed by atoms with van der Waals surface area (Å²) in [7, 11) is 0. The van der Waals surface area contributed by atoms with E-state index < -0.39 is 0 Å². The van der Waals surface area contributed by atoms with E-state index in [-0.39, 0.29) is 30.1 Å². The first-order chi connectivity index (χ1) is 12.1. The molecule has 1 atom stereocenters. The van der Waals surface area contributed by atoms with Crippen molar-refractivity contribution in [2.75, 3.05) is 18.4 Å². The normalized spacial score (nSPS) is 21.2. The molecule has 25 heavy (non-hydrogen) atoms. The molecule has 2 heterocycles. The third kappa shape index (κ3) is 5.13. The number of benzene rings is 1. The molecule has 1 unspecified atom stereocenters. The molecule has 2 aliphatic rings. The van der Waals surface area contributed by atoms with Crippen LogP contribution in [-0.4, -0.2) is 30.8 Å². The minimum atomic E-state index is -0.280. The predicted molar refractivity (Wildman–Crippen MR) is 94.9 cm³/mol. The van der Waals surface area contributed by atoms with Crippen molar-refractivity contribution in [2.24, 2.45) is 11.8 Å². The van der Waals surface area contributed by atoms with E-state index in [2.05, 4.69) is 16.0 Å². The molecule has 2 aliphatic heterocycles. The van der Waals surface area contributed by atoms with Gasteiger partial charge in [-0.05, 0) is 62.4 Å². The Labute approximate surface area is 147 Å². The molecular formula is C19H25N3O3. The number of hydrogen-bond donors (Lipinski definition) is 3. The van der Waals surface area contributed by atoms with Gasteiger partial charge in [0.2, 0.25) is 17.7 Å². The first kappa shape index (κ1) is 17.6. The van der Waals surface area contributed by atoms with Crippen molar-refractivity contribution in [3.8, 4) is 0 Å². The van der Waals surface area contributed by atoms with Crippen LogP contribution in [0.15, 0.2) is 24.3 Å². The molecule has 1 aromatic rings. The number of imide groups is 1. The molecule has 0 bridgehead atoms. The second-order valence-electron chi connectivity index (χ2n) is 6.99. The average Bonchev–Trinajstić information content (AvgIpc) is 2.93. The number of piperidine rings is 1. The van der Waals surface area contributed by atoms with E-state index in [1.165, 1.54) is 0 Å². The SMILES string of the molecule is O=C1CC(Cc2ccc(NC(=O)CCC3CCNCC3)cc2)C(=O)N1. The predicted octanol–water partition coefficient (Wildman–Crippen LogP) is 1.61. The molecule has 2 fully saturated rings. The Bertz CT molecular complexity index is 636. The standard InChI is InChI=1S/C19H25N3O3/c23-17(6-3-13-7-9-20-10-8-13)21-16-4-1-14(2-5-16)11-15-12-18(24)22-19(15)25/h1-2,4-5,13,15,20H,3,6-12H2,(H,21,23)(H,22,24,25). The van der Waals surface area contributed by atoms with Gasteiger partial charge in [0.05, 0.1) is 5.92 Å². The summed E-state index contributed by atoms with van der Waals surface area (Å²) in [6, 6.07) is 7.51. The molecular weight excluding hydrogens is 318 g/mol. The van der Waals surface area contributed by atoms with Crippen LogP contribution in [0.5, 0.6) is 0 Å². The van der Waals surface area contributed by atoms with Crippen molar-refractivity contribution in [1.82, 2.24) is 10.6 Å². The fraction of sp³-hybridized carbons (Fsp3) is 0.526. The largest absolute Gasteiger partial charge is 0.326 e. The van der Waals surface area contributed by atoms with Crippen LogP contribution in [-0.2, 0) is 20.8 Å².